The number of thiazole rings is 1. The van der Waals surface area contributed by atoms with Crippen molar-refractivity contribution in [1.29, 1.82) is 0 Å². The maximum absolute atomic E-state index is 4.80. The quantitative estimate of drug-likeness (QED) is 0.741. The number of piperazine rings is 1. The van der Waals surface area contributed by atoms with Gasteiger partial charge in [0, 0.05) is 44.3 Å². The Morgan fingerprint density at radius 2 is 2.13 bits per heavy atom. The zero-order valence-corrected chi connectivity index (χ0v) is 14.3. The molecule has 1 atom stereocenters. The van der Waals surface area contributed by atoms with Gasteiger partial charge in [0.05, 0.1) is 17.6 Å². The first-order chi connectivity index (χ1) is 11.2. The summed E-state index contributed by atoms with van der Waals surface area (Å²) in [7, 11) is 2.11. The Morgan fingerprint density at radius 1 is 1.26 bits per heavy atom. The van der Waals surface area contributed by atoms with Crippen LogP contribution in [0.2, 0.25) is 0 Å². The summed E-state index contributed by atoms with van der Waals surface area (Å²) in [5.74, 6) is 1.14. The molecule has 2 aromatic heterocycles. The zero-order valence-electron chi connectivity index (χ0n) is 13.5. The number of nitrogens with zero attached hydrogens (tertiary/aromatic N) is 5. The second kappa shape index (κ2) is 5.94. The van der Waals surface area contributed by atoms with E-state index in [1.54, 1.807) is 11.3 Å². The fourth-order valence-corrected chi connectivity index (χ4v) is 4.13. The topological polar surface area (TPSA) is 37.2 Å². The van der Waals surface area contributed by atoms with E-state index in [0.717, 1.165) is 42.7 Å². The number of aromatic nitrogens is 3. The highest BCUT2D eigenvalue weighted by molar-refractivity contribution is 7.13. The van der Waals surface area contributed by atoms with Gasteiger partial charge < -0.3 is 9.47 Å². The molecule has 3 aromatic rings. The van der Waals surface area contributed by atoms with Crippen LogP contribution in [0.4, 0.5) is 5.13 Å². The van der Waals surface area contributed by atoms with Crippen molar-refractivity contribution in [2.75, 3.05) is 24.5 Å². The molecule has 1 aromatic carbocycles. The molecule has 0 unspecified atom stereocenters. The fraction of sp³-hybridized carbons (Fsp3) is 0.412. The van der Waals surface area contributed by atoms with E-state index in [4.69, 9.17) is 4.98 Å². The molecule has 1 aliphatic rings. The van der Waals surface area contributed by atoms with Crippen LogP contribution in [0.15, 0.2) is 35.8 Å². The van der Waals surface area contributed by atoms with Crippen LogP contribution in [-0.4, -0.2) is 45.1 Å². The molecule has 0 N–H and O–H groups in total. The van der Waals surface area contributed by atoms with Crippen LogP contribution in [0.3, 0.4) is 0 Å². The van der Waals surface area contributed by atoms with Gasteiger partial charge in [0.25, 0.3) is 0 Å². The van der Waals surface area contributed by atoms with E-state index >= 15 is 0 Å². The minimum atomic E-state index is 0.476. The van der Waals surface area contributed by atoms with Gasteiger partial charge >= 0.3 is 0 Å². The fourth-order valence-electron chi connectivity index (χ4n) is 3.36. The summed E-state index contributed by atoms with van der Waals surface area (Å²) in [6.45, 7) is 6.30. The van der Waals surface area contributed by atoms with Crippen molar-refractivity contribution in [3.05, 3.63) is 41.7 Å². The summed E-state index contributed by atoms with van der Waals surface area (Å²) in [6.07, 6.45) is 1.89. The third kappa shape index (κ3) is 2.72. The molecule has 0 aliphatic carbocycles. The minimum Gasteiger partial charge on any atom is -0.343 e. The number of hydrogen-bond donors (Lipinski definition) is 0. The molecule has 120 valence electrons. The second-order valence-corrected chi connectivity index (χ2v) is 7.04. The van der Waals surface area contributed by atoms with Gasteiger partial charge in [-0.3, -0.25) is 4.90 Å². The Bertz CT molecular complexity index is 795. The van der Waals surface area contributed by atoms with E-state index in [9.17, 15) is 0 Å². The van der Waals surface area contributed by atoms with Crippen molar-refractivity contribution in [1.82, 2.24) is 19.4 Å². The lowest BCUT2D eigenvalue weighted by Crippen LogP contribution is -2.51. The third-order valence-corrected chi connectivity index (χ3v) is 5.43. The highest BCUT2D eigenvalue weighted by Crippen LogP contribution is 2.23. The number of imidazole rings is 1. The lowest BCUT2D eigenvalue weighted by Gasteiger charge is -2.39. The predicted octanol–water partition coefficient (Wildman–Crippen LogP) is 2.74. The highest BCUT2D eigenvalue weighted by Gasteiger charge is 2.26. The van der Waals surface area contributed by atoms with Gasteiger partial charge in [0.1, 0.15) is 5.82 Å². The molecule has 3 heterocycles. The van der Waals surface area contributed by atoms with Crippen LogP contribution in [0.1, 0.15) is 12.7 Å². The number of fused-ring (bicyclic) bond motifs is 1. The average molecular weight is 327 g/mol. The Kier molecular flexibility index (Phi) is 3.79. The Morgan fingerprint density at radius 3 is 2.87 bits per heavy atom. The van der Waals surface area contributed by atoms with Crippen molar-refractivity contribution in [3.63, 3.8) is 0 Å². The van der Waals surface area contributed by atoms with Crippen molar-refractivity contribution >= 4 is 27.5 Å². The molecule has 0 saturated carbocycles. The van der Waals surface area contributed by atoms with Crippen LogP contribution >= 0.6 is 11.3 Å². The summed E-state index contributed by atoms with van der Waals surface area (Å²) in [6, 6.07) is 8.82. The van der Waals surface area contributed by atoms with Gasteiger partial charge in [-0.1, -0.05) is 12.1 Å². The van der Waals surface area contributed by atoms with Gasteiger partial charge in [-0.15, -0.1) is 11.3 Å². The summed E-state index contributed by atoms with van der Waals surface area (Å²) < 4.78 is 2.22. The van der Waals surface area contributed by atoms with Crippen molar-refractivity contribution in [2.45, 2.75) is 19.5 Å². The van der Waals surface area contributed by atoms with E-state index in [1.165, 1.54) is 5.52 Å². The van der Waals surface area contributed by atoms with Crippen LogP contribution in [0.25, 0.3) is 11.0 Å². The van der Waals surface area contributed by atoms with Gasteiger partial charge in [-0.2, -0.15) is 0 Å². The highest BCUT2D eigenvalue weighted by atomic mass is 32.1. The largest absolute Gasteiger partial charge is 0.343 e. The number of anilines is 1. The number of benzene rings is 1. The van der Waals surface area contributed by atoms with Crippen LogP contribution in [0.5, 0.6) is 0 Å². The van der Waals surface area contributed by atoms with E-state index in [0.29, 0.717) is 6.04 Å². The predicted molar refractivity (Wildman–Crippen MR) is 94.9 cm³/mol. The molecule has 0 amide bonds. The Labute approximate surface area is 140 Å². The average Bonchev–Trinajstić information content (AvgIpc) is 3.17. The number of rotatable bonds is 3. The first-order valence-electron chi connectivity index (χ1n) is 8.01. The third-order valence-electron chi connectivity index (χ3n) is 4.62. The van der Waals surface area contributed by atoms with Crippen LogP contribution in [-0.2, 0) is 13.6 Å². The molecule has 6 heteroatoms. The van der Waals surface area contributed by atoms with Gasteiger partial charge in [0.15, 0.2) is 5.13 Å². The maximum Gasteiger partial charge on any atom is 0.185 e. The molecule has 0 radical (unpaired) electrons. The van der Waals surface area contributed by atoms with Gasteiger partial charge in [-0.05, 0) is 19.1 Å². The normalized spacial score (nSPS) is 19.6. The monoisotopic (exact) mass is 327 g/mol. The lowest BCUT2D eigenvalue weighted by atomic mass is 10.2. The van der Waals surface area contributed by atoms with Crippen molar-refractivity contribution < 1.29 is 0 Å². The second-order valence-electron chi connectivity index (χ2n) is 6.17. The molecule has 1 saturated heterocycles. The van der Waals surface area contributed by atoms with Crippen LogP contribution < -0.4 is 4.90 Å². The lowest BCUT2D eigenvalue weighted by molar-refractivity contribution is 0.214. The van der Waals surface area contributed by atoms with Crippen LogP contribution in [0, 0.1) is 0 Å². The molecule has 23 heavy (non-hydrogen) atoms. The molecule has 4 rings (SSSR count). The molecular weight excluding hydrogens is 306 g/mol. The standard InChI is InChI=1S/C17H21N5S/c1-13-11-21(8-9-22(13)17-18-7-10-23-17)12-16-19-14-5-3-4-6-15(14)20(16)2/h3-7,10,13H,8-9,11-12H2,1-2H3/t13-/m1/s1. The first-order valence-corrected chi connectivity index (χ1v) is 8.89. The Balaban J connectivity index is 1.48. The Hall–Kier alpha value is -1.92. The molecule has 0 bridgehead atoms. The smallest absolute Gasteiger partial charge is 0.185 e. The first kappa shape index (κ1) is 14.7. The molecule has 1 fully saturated rings. The summed E-state index contributed by atoms with van der Waals surface area (Å²) in [4.78, 5) is 14.2. The minimum absolute atomic E-state index is 0.476. The molecule has 1 aliphatic heterocycles. The van der Waals surface area contributed by atoms with E-state index in [1.807, 2.05) is 17.6 Å². The van der Waals surface area contributed by atoms with Crippen molar-refractivity contribution in [2.24, 2.45) is 7.05 Å². The van der Waals surface area contributed by atoms with E-state index in [-0.39, 0.29) is 0 Å². The van der Waals surface area contributed by atoms with Gasteiger partial charge in [0.2, 0.25) is 0 Å². The molecule has 5 nitrogen and oxygen atoms in total. The molecule has 0 spiro atoms. The SMILES string of the molecule is C[C@@H]1CN(Cc2nc3ccccc3n2C)CCN1c1nccs1. The van der Waals surface area contributed by atoms with Gasteiger partial charge in [-0.25, -0.2) is 9.97 Å². The van der Waals surface area contributed by atoms with E-state index < -0.39 is 0 Å². The zero-order chi connectivity index (χ0) is 15.8. The molecular formula is C17H21N5S. The number of hydrogen-bond acceptors (Lipinski definition) is 5. The number of para-hydroxylation sites is 2. The van der Waals surface area contributed by atoms with Crippen molar-refractivity contribution in [3.8, 4) is 0 Å². The summed E-state index contributed by atoms with van der Waals surface area (Å²) >= 11 is 1.72. The van der Waals surface area contributed by atoms with E-state index in [2.05, 4.69) is 51.5 Å². The number of aryl methyl sites for hydroxylation is 1. The summed E-state index contributed by atoms with van der Waals surface area (Å²) in [5.41, 5.74) is 2.29. The maximum atomic E-state index is 4.80. The summed E-state index contributed by atoms with van der Waals surface area (Å²) in [5, 5.41) is 3.19.